The van der Waals surface area contributed by atoms with Gasteiger partial charge in [-0.2, -0.15) is 0 Å². The van der Waals surface area contributed by atoms with Crippen molar-refractivity contribution in [3.05, 3.63) is 120 Å². The Hall–Kier alpha value is -4.42. The average Bonchev–Trinajstić information content (AvgIpc) is 2.95. The highest BCUT2D eigenvalue weighted by atomic mass is 16.5. The van der Waals surface area contributed by atoms with E-state index in [1.807, 2.05) is 109 Å². The summed E-state index contributed by atoms with van der Waals surface area (Å²) >= 11 is 0. The summed E-state index contributed by atoms with van der Waals surface area (Å²) in [5.41, 5.74) is 5.01. The van der Waals surface area contributed by atoms with Crippen molar-refractivity contribution in [3.63, 3.8) is 0 Å². The van der Waals surface area contributed by atoms with Crippen LogP contribution in [0.3, 0.4) is 0 Å². The van der Waals surface area contributed by atoms with Crippen LogP contribution in [0.5, 0.6) is 0 Å². The molecule has 0 saturated heterocycles. The topological polar surface area (TPSA) is 79.5 Å². The third-order valence-corrected chi connectivity index (χ3v) is 5.86. The van der Waals surface area contributed by atoms with Crippen LogP contribution in [0.1, 0.15) is 28.9 Å². The minimum absolute atomic E-state index is 0.157. The van der Waals surface area contributed by atoms with Crippen LogP contribution in [-0.2, 0) is 9.53 Å². The molecular formula is C31H31N3O3. The van der Waals surface area contributed by atoms with Crippen molar-refractivity contribution >= 4 is 23.3 Å². The summed E-state index contributed by atoms with van der Waals surface area (Å²) < 4.78 is 5.23. The summed E-state index contributed by atoms with van der Waals surface area (Å²) in [5.74, 6) is -0.446. The summed E-state index contributed by atoms with van der Waals surface area (Å²) in [5, 5.41) is 9.60. The first-order chi connectivity index (χ1) is 18.2. The highest BCUT2D eigenvalue weighted by Crippen LogP contribution is 2.24. The highest BCUT2D eigenvalue weighted by Gasteiger charge is 2.20. The number of carbonyl (C=O) groups is 2. The van der Waals surface area contributed by atoms with Crippen molar-refractivity contribution < 1.29 is 14.3 Å². The van der Waals surface area contributed by atoms with Gasteiger partial charge in [-0.05, 0) is 53.9 Å². The molecule has 4 aromatic carbocycles. The van der Waals surface area contributed by atoms with Crippen LogP contribution in [0.15, 0.2) is 109 Å². The number of amides is 1. The van der Waals surface area contributed by atoms with Crippen LogP contribution >= 0.6 is 0 Å². The summed E-state index contributed by atoms with van der Waals surface area (Å²) in [6, 6.07) is 34.1. The van der Waals surface area contributed by atoms with Gasteiger partial charge in [0.25, 0.3) is 5.91 Å². The second-order valence-corrected chi connectivity index (χ2v) is 8.42. The Morgan fingerprint density at radius 3 is 2.05 bits per heavy atom. The molecule has 4 rings (SSSR count). The lowest BCUT2D eigenvalue weighted by Gasteiger charge is -2.18. The van der Waals surface area contributed by atoms with E-state index in [0.29, 0.717) is 30.9 Å². The van der Waals surface area contributed by atoms with Crippen molar-refractivity contribution in [2.24, 2.45) is 0 Å². The SMILES string of the molecule is CCOC(=O)C(NCCNc1ccc(NC(=O)c2ccccc2-c2ccccc2)cc1)c1ccccc1. The van der Waals surface area contributed by atoms with Gasteiger partial charge in [-0.25, -0.2) is 4.79 Å². The summed E-state index contributed by atoms with van der Waals surface area (Å²) in [6.07, 6.45) is 0. The molecule has 6 nitrogen and oxygen atoms in total. The molecule has 3 N–H and O–H groups in total. The van der Waals surface area contributed by atoms with Crippen molar-refractivity contribution in [2.45, 2.75) is 13.0 Å². The van der Waals surface area contributed by atoms with Crippen LogP contribution < -0.4 is 16.0 Å². The highest BCUT2D eigenvalue weighted by molar-refractivity contribution is 6.08. The van der Waals surface area contributed by atoms with Crippen molar-refractivity contribution in [2.75, 3.05) is 30.3 Å². The van der Waals surface area contributed by atoms with Gasteiger partial charge in [0.05, 0.1) is 6.61 Å². The normalized spacial score (nSPS) is 11.4. The molecule has 0 radical (unpaired) electrons. The molecule has 1 atom stereocenters. The largest absolute Gasteiger partial charge is 0.465 e. The van der Waals surface area contributed by atoms with Crippen LogP contribution in [0.2, 0.25) is 0 Å². The first kappa shape index (κ1) is 25.7. The summed E-state index contributed by atoms with van der Waals surface area (Å²) in [7, 11) is 0. The molecule has 0 aliphatic rings. The molecule has 0 spiro atoms. The third kappa shape index (κ3) is 7.06. The van der Waals surface area contributed by atoms with Gasteiger partial charge in [0.2, 0.25) is 0 Å². The molecule has 1 amide bonds. The van der Waals surface area contributed by atoms with Crippen molar-refractivity contribution in [1.82, 2.24) is 5.32 Å². The Bertz CT molecular complexity index is 1290. The van der Waals surface area contributed by atoms with Gasteiger partial charge < -0.3 is 15.4 Å². The van der Waals surface area contributed by atoms with E-state index in [-0.39, 0.29) is 11.9 Å². The first-order valence-electron chi connectivity index (χ1n) is 12.4. The Morgan fingerprint density at radius 2 is 1.35 bits per heavy atom. The number of benzene rings is 4. The predicted octanol–water partition coefficient (Wildman–Crippen LogP) is 5.91. The van der Waals surface area contributed by atoms with Gasteiger partial charge in [-0.1, -0.05) is 78.9 Å². The van der Waals surface area contributed by atoms with E-state index >= 15 is 0 Å². The van der Waals surface area contributed by atoms with Gasteiger partial charge in [-0.15, -0.1) is 0 Å². The Kier molecular flexibility index (Phi) is 9.05. The van der Waals surface area contributed by atoms with E-state index in [0.717, 1.165) is 22.4 Å². The van der Waals surface area contributed by atoms with E-state index in [4.69, 9.17) is 4.74 Å². The second kappa shape index (κ2) is 13.0. The number of nitrogens with one attached hydrogen (secondary N) is 3. The molecule has 0 bridgehead atoms. The summed E-state index contributed by atoms with van der Waals surface area (Å²) in [4.78, 5) is 25.4. The van der Waals surface area contributed by atoms with E-state index in [9.17, 15) is 9.59 Å². The minimum Gasteiger partial charge on any atom is -0.465 e. The molecular weight excluding hydrogens is 462 g/mol. The van der Waals surface area contributed by atoms with Crippen molar-refractivity contribution in [1.29, 1.82) is 0 Å². The zero-order valence-electron chi connectivity index (χ0n) is 20.8. The molecule has 0 fully saturated rings. The molecule has 0 aromatic heterocycles. The quantitative estimate of drug-likeness (QED) is 0.179. The molecule has 37 heavy (non-hydrogen) atoms. The fraction of sp³-hybridized carbons (Fsp3) is 0.161. The zero-order chi connectivity index (χ0) is 25.9. The average molecular weight is 494 g/mol. The van der Waals surface area contributed by atoms with E-state index in [1.54, 1.807) is 6.92 Å². The Morgan fingerprint density at radius 1 is 0.730 bits per heavy atom. The molecule has 0 aliphatic carbocycles. The number of esters is 1. The number of hydrogen-bond donors (Lipinski definition) is 3. The predicted molar refractivity (Wildman–Crippen MR) is 149 cm³/mol. The number of carbonyl (C=O) groups excluding carboxylic acids is 2. The fourth-order valence-electron chi connectivity index (χ4n) is 4.05. The van der Waals surface area contributed by atoms with E-state index in [2.05, 4.69) is 16.0 Å². The lowest BCUT2D eigenvalue weighted by molar-refractivity contribution is -0.145. The van der Waals surface area contributed by atoms with Crippen LogP contribution in [0.25, 0.3) is 11.1 Å². The molecule has 6 heteroatoms. The molecule has 188 valence electrons. The van der Waals surface area contributed by atoms with Crippen LogP contribution in [0.4, 0.5) is 11.4 Å². The molecule has 4 aromatic rings. The number of rotatable bonds is 11. The molecule has 0 heterocycles. The lowest BCUT2D eigenvalue weighted by atomic mass is 9.99. The molecule has 0 aliphatic heterocycles. The Labute approximate surface area is 217 Å². The molecule has 1 unspecified atom stereocenters. The first-order valence-corrected chi connectivity index (χ1v) is 12.4. The maximum atomic E-state index is 13.0. The van der Waals surface area contributed by atoms with Gasteiger partial charge in [-0.3, -0.25) is 10.1 Å². The van der Waals surface area contributed by atoms with Gasteiger partial charge in [0, 0.05) is 30.0 Å². The lowest BCUT2D eigenvalue weighted by Crippen LogP contribution is -2.33. The van der Waals surface area contributed by atoms with Crippen molar-refractivity contribution in [3.8, 4) is 11.1 Å². The minimum atomic E-state index is -0.515. The number of ether oxygens (including phenoxy) is 1. The standard InChI is InChI=1S/C31H31N3O3/c1-2-37-31(36)29(24-13-7-4-8-14-24)33-22-21-32-25-17-19-26(20-18-25)34-30(35)28-16-10-9-15-27(28)23-11-5-3-6-12-23/h3-20,29,32-33H,2,21-22H2,1H3,(H,34,35). The molecule has 0 saturated carbocycles. The smallest absolute Gasteiger partial charge is 0.327 e. The van der Waals surface area contributed by atoms with Crippen LogP contribution in [0, 0.1) is 0 Å². The maximum absolute atomic E-state index is 13.0. The number of hydrogen-bond acceptors (Lipinski definition) is 5. The maximum Gasteiger partial charge on any atom is 0.327 e. The van der Waals surface area contributed by atoms with Gasteiger partial charge >= 0.3 is 5.97 Å². The van der Waals surface area contributed by atoms with E-state index in [1.165, 1.54) is 0 Å². The second-order valence-electron chi connectivity index (χ2n) is 8.42. The van der Waals surface area contributed by atoms with Gasteiger partial charge in [0.15, 0.2) is 0 Å². The summed E-state index contributed by atoms with van der Waals surface area (Å²) in [6.45, 7) is 3.31. The van der Waals surface area contributed by atoms with Crippen LogP contribution in [-0.4, -0.2) is 31.6 Å². The van der Waals surface area contributed by atoms with Gasteiger partial charge in [0.1, 0.15) is 6.04 Å². The third-order valence-electron chi connectivity index (χ3n) is 5.86. The monoisotopic (exact) mass is 493 g/mol. The fourth-order valence-corrected chi connectivity index (χ4v) is 4.05. The number of anilines is 2. The zero-order valence-corrected chi connectivity index (χ0v) is 20.8. The van der Waals surface area contributed by atoms with E-state index < -0.39 is 6.04 Å². The Balaban J connectivity index is 1.31.